The quantitative estimate of drug-likeness (QED) is 0.208. The molecule has 10 heteroatoms. The molecule has 0 aliphatic rings. The van der Waals surface area contributed by atoms with Gasteiger partial charge >= 0.3 is 5.97 Å². The van der Waals surface area contributed by atoms with E-state index in [9.17, 15) is 25.0 Å². The molecule has 0 radical (unpaired) electrons. The van der Waals surface area contributed by atoms with E-state index in [1.807, 2.05) is 41.8 Å². The van der Waals surface area contributed by atoms with E-state index in [0.717, 1.165) is 22.9 Å². The Hall–Kier alpha value is -4.42. The minimum absolute atomic E-state index is 0.0226. The Labute approximate surface area is 206 Å². The number of aromatic nitrogens is 1. The van der Waals surface area contributed by atoms with Crippen LogP contribution < -0.4 is 5.32 Å². The second-order valence-electron chi connectivity index (χ2n) is 7.57. The van der Waals surface area contributed by atoms with Gasteiger partial charge in [-0.15, -0.1) is 0 Å². The number of hydrogen-bond acceptors (Lipinski definition) is 6. The molecule has 3 rings (SSSR count). The largest absolute Gasteiger partial charge is 0.452 e. The fourth-order valence-corrected chi connectivity index (χ4v) is 3.57. The molecule has 0 unspecified atom stereocenters. The predicted molar refractivity (Wildman–Crippen MR) is 131 cm³/mol. The Bertz CT molecular complexity index is 1360. The van der Waals surface area contributed by atoms with Gasteiger partial charge in [-0.3, -0.25) is 14.9 Å². The number of hydrogen-bond donors (Lipinski definition) is 1. The molecule has 0 saturated heterocycles. The zero-order chi connectivity index (χ0) is 25.5. The molecule has 0 spiro atoms. The van der Waals surface area contributed by atoms with Crippen LogP contribution >= 0.6 is 11.6 Å². The number of esters is 1. The van der Waals surface area contributed by atoms with E-state index in [1.165, 1.54) is 24.3 Å². The van der Waals surface area contributed by atoms with Gasteiger partial charge in [-0.1, -0.05) is 48.0 Å². The Morgan fingerprint density at radius 1 is 1.23 bits per heavy atom. The van der Waals surface area contributed by atoms with E-state index < -0.39 is 23.4 Å². The number of carbonyl (C=O) groups excluding carboxylic acids is 2. The molecule has 0 fully saturated rings. The van der Waals surface area contributed by atoms with Crippen molar-refractivity contribution in [1.29, 1.82) is 5.26 Å². The third-order valence-corrected chi connectivity index (χ3v) is 5.63. The van der Waals surface area contributed by atoms with Gasteiger partial charge in [-0.05, 0) is 42.7 Å². The summed E-state index contributed by atoms with van der Waals surface area (Å²) in [4.78, 5) is 34.9. The monoisotopic (exact) mass is 492 g/mol. The van der Waals surface area contributed by atoms with Crippen LogP contribution in [0.1, 0.15) is 27.9 Å². The van der Waals surface area contributed by atoms with Crippen molar-refractivity contribution in [2.75, 3.05) is 11.9 Å². The van der Waals surface area contributed by atoms with Crippen molar-refractivity contribution >= 4 is 41.1 Å². The van der Waals surface area contributed by atoms with Crippen molar-refractivity contribution in [2.45, 2.75) is 20.4 Å². The van der Waals surface area contributed by atoms with Gasteiger partial charge in [-0.25, -0.2) is 4.79 Å². The molecular formula is C25H21ClN4O5. The Morgan fingerprint density at radius 3 is 2.60 bits per heavy atom. The van der Waals surface area contributed by atoms with Crippen molar-refractivity contribution in [3.05, 3.63) is 97.7 Å². The molecule has 1 heterocycles. The van der Waals surface area contributed by atoms with E-state index in [-0.39, 0.29) is 10.7 Å². The van der Waals surface area contributed by atoms with Crippen LogP contribution in [0.5, 0.6) is 0 Å². The molecule has 3 aromatic rings. The molecule has 178 valence electrons. The maximum Gasteiger partial charge on any atom is 0.331 e. The summed E-state index contributed by atoms with van der Waals surface area (Å²) in [5, 5.41) is 23.3. The topological polar surface area (TPSA) is 127 Å². The lowest BCUT2D eigenvalue weighted by atomic mass is 10.2. The minimum atomic E-state index is -0.815. The molecular weight excluding hydrogens is 472 g/mol. The number of benzene rings is 2. The lowest BCUT2D eigenvalue weighted by molar-refractivity contribution is -0.384. The number of nitrogens with zero attached hydrogens (tertiary/aromatic N) is 3. The molecule has 1 aromatic heterocycles. The van der Waals surface area contributed by atoms with E-state index >= 15 is 0 Å². The first-order valence-corrected chi connectivity index (χ1v) is 10.8. The number of nitrogens with one attached hydrogen (secondary N) is 1. The number of anilines is 1. The van der Waals surface area contributed by atoms with Crippen molar-refractivity contribution < 1.29 is 19.2 Å². The SMILES string of the molecule is Cc1c(C#N)c(NC(=O)COC(=O)/C=C/c2ccc(Cl)c([N+](=O)[O-])c2)n(Cc2ccccc2)c1C. The van der Waals surface area contributed by atoms with E-state index in [4.69, 9.17) is 16.3 Å². The van der Waals surface area contributed by atoms with Crippen LogP contribution in [0.25, 0.3) is 6.08 Å². The first kappa shape index (κ1) is 25.2. The fraction of sp³-hybridized carbons (Fsp3) is 0.160. The van der Waals surface area contributed by atoms with Crippen molar-refractivity contribution in [3.63, 3.8) is 0 Å². The van der Waals surface area contributed by atoms with Gasteiger partial charge < -0.3 is 14.6 Å². The highest BCUT2D eigenvalue weighted by Crippen LogP contribution is 2.28. The summed E-state index contributed by atoms with van der Waals surface area (Å²) in [6.07, 6.45) is 2.36. The van der Waals surface area contributed by atoms with Crippen LogP contribution in [0.15, 0.2) is 54.6 Å². The lowest BCUT2D eigenvalue weighted by Gasteiger charge is -2.13. The van der Waals surface area contributed by atoms with E-state index in [1.54, 1.807) is 6.92 Å². The molecule has 35 heavy (non-hydrogen) atoms. The third kappa shape index (κ3) is 6.13. The molecule has 0 aliphatic heterocycles. The molecule has 0 atom stereocenters. The first-order chi connectivity index (χ1) is 16.7. The smallest absolute Gasteiger partial charge is 0.331 e. The maximum absolute atomic E-state index is 12.5. The van der Waals surface area contributed by atoms with Gasteiger partial charge in [-0.2, -0.15) is 5.26 Å². The number of nitro benzene ring substituents is 1. The van der Waals surface area contributed by atoms with Crippen LogP contribution in [-0.2, 0) is 20.9 Å². The number of amides is 1. The van der Waals surface area contributed by atoms with Crippen molar-refractivity contribution in [1.82, 2.24) is 4.57 Å². The second kappa shape index (κ2) is 11.1. The molecule has 9 nitrogen and oxygen atoms in total. The highest BCUT2D eigenvalue weighted by molar-refractivity contribution is 6.32. The minimum Gasteiger partial charge on any atom is -0.452 e. The molecule has 1 N–H and O–H groups in total. The van der Waals surface area contributed by atoms with Gasteiger partial charge in [0.25, 0.3) is 11.6 Å². The maximum atomic E-state index is 12.5. The molecule has 0 saturated carbocycles. The van der Waals surface area contributed by atoms with Crippen LogP contribution in [0.3, 0.4) is 0 Å². The van der Waals surface area contributed by atoms with Gasteiger partial charge in [0.05, 0.1) is 10.5 Å². The predicted octanol–water partition coefficient (Wildman–Crippen LogP) is 4.78. The zero-order valence-corrected chi connectivity index (χ0v) is 19.7. The number of halogens is 1. The van der Waals surface area contributed by atoms with Gasteiger partial charge in [0.2, 0.25) is 0 Å². The third-order valence-electron chi connectivity index (χ3n) is 5.31. The zero-order valence-electron chi connectivity index (χ0n) is 18.9. The van der Waals surface area contributed by atoms with Crippen LogP contribution in [-0.4, -0.2) is 28.0 Å². The van der Waals surface area contributed by atoms with E-state index in [2.05, 4.69) is 11.4 Å². The number of carbonyl (C=O) groups is 2. The Morgan fingerprint density at radius 2 is 1.94 bits per heavy atom. The first-order valence-electron chi connectivity index (χ1n) is 10.4. The summed E-state index contributed by atoms with van der Waals surface area (Å²) in [7, 11) is 0. The van der Waals surface area contributed by atoms with Gasteiger partial charge in [0.1, 0.15) is 16.9 Å². The number of nitriles is 1. The lowest BCUT2D eigenvalue weighted by Crippen LogP contribution is -2.22. The summed E-state index contributed by atoms with van der Waals surface area (Å²) in [6, 6.07) is 15.8. The summed E-state index contributed by atoms with van der Waals surface area (Å²) in [5.41, 5.74) is 2.98. The number of nitro groups is 1. The standard InChI is InChI=1S/C25H21ClN4O5/c1-16-17(2)29(14-19-6-4-3-5-7-19)25(20(16)13-27)28-23(31)15-35-24(32)11-9-18-8-10-21(26)22(12-18)30(33)34/h3-12H,14-15H2,1-2H3,(H,28,31)/b11-9+. The van der Waals surface area contributed by atoms with E-state index in [0.29, 0.717) is 23.5 Å². The number of ether oxygens (including phenoxy) is 1. The van der Waals surface area contributed by atoms with Crippen LogP contribution in [0, 0.1) is 35.3 Å². The summed E-state index contributed by atoms with van der Waals surface area (Å²) in [5.74, 6) is -1.10. The fourth-order valence-electron chi connectivity index (χ4n) is 3.38. The molecule has 2 aromatic carbocycles. The average molecular weight is 493 g/mol. The van der Waals surface area contributed by atoms with Gasteiger partial charge in [0, 0.05) is 24.4 Å². The second-order valence-corrected chi connectivity index (χ2v) is 7.98. The molecule has 1 amide bonds. The molecule has 0 aliphatic carbocycles. The van der Waals surface area contributed by atoms with Crippen molar-refractivity contribution in [3.8, 4) is 6.07 Å². The van der Waals surface area contributed by atoms with Gasteiger partial charge in [0.15, 0.2) is 6.61 Å². The van der Waals surface area contributed by atoms with Crippen molar-refractivity contribution in [2.24, 2.45) is 0 Å². The summed E-state index contributed by atoms with van der Waals surface area (Å²) < 4.78 is 6.81. The number of rotatable bonds is 8. The summed E-state index contributed by atoms with van der Waals surface area (Å²) in [6.45, 7) is 3.53. The van der Waals surface area contributed by atoms with Crippen LogP contribution in [0.4, 0.5) is 11.5 Å². The molecule has 0 bridgehead atoms. The summed E-state index contributed by atoms with van der Waals surface area (Å²) >= 11 is 5.77. The average Bonchev–Trinajstić information content (AvgIpc) is 3.06. The Kier molecular flexibility index (Phi) is 8.02. The Balaban J connectivity index is 1.68. The highest BCUT2D eigenvalue weighted by atomic mass is 35.5. The van der Waals surface area contributed by atoms with Crippen LogP contribution in [0.2, 0.25) is 5.02 Å². The highest BCUT2D eigenvalue weighted by Gasteiger charge is 2.20. The normalized spacial score (nSPS) is 10.7.